The van der Waals surface area contributed by atoms with Crippen LogP contribution in [0.2, 0.25) is 5.15 Å². The minimum absolute atomic E-state index is 0.339. The first-order valence-corrected chi connectivity index (χ1v) is 7.91. The number of aromatic nitrogens is 2. The van der Waals surface area contributed by atoms with E-state index in [0.717, 1.165) is 37.6 Å². The van der Waals surface area contributed by atoms with E-state index in [1.54, 1.807) is 6.33 Å². The fourth-order valence-corrected chi connectivity index (χ4v) is 3.09. The van der Waals surface area contributed by atoms with Gasteiger partial charge in [-0.25, -0.2) is 9.97 Å². The standard InChI is InChI=1S/C15H25ClN4/c1-5-12(4)19-6-8-20(9-7-19)15-13(11(2)3)14(16)17-10-18-15/h10-12H,5-9H2,1-4H3. The smallest absolute Gasteiger partial charge is 0.138 e. The molecule has 2 rings (SSSR count). The van der Waals surface area contributed by atoms with Crippen molar-refractivity contribution >= 4 is 17.4 Å². The minimum Gasteiger partial charge on any atom is -0.354 e. The second-order valence-corrected chi connectivity index (χ2v) is 6.19. The van der Waals surface area contributed by atoms with Crippen LogP contribution in [0.3, 0.4) is 0 Å². The van der Waals surface area contributed by atoms with Crippen LogP contribution in [0.25, 0.3) is 0 Å². The van der Waals surface area contributed by atoms with E-state index in [1.807, 2.05) is 0 Å². The van der Waals surface area contributed by atoms with Gasteiger partial charge in [-0.2, -0.15) is 0 Å². The van der Waals surface area contributed by atoms with Gasteiger partial charge < -0.3 is 4.90 Å². The van der Waals surface area contributed by atoms with E-state index in [2.05, 4.69) is 47.5 Å². The molecular weight excluding hydrogens is 272 g/mol. The van der Waals surface area contributed by atoms with Gasteiger partial charge in [-0.15, -0.1) is 0 Å². The molecule has 4 nitrogen and oxygen atoms in total. The SMILES string of the molecule is CCC(C)N1CCN(c2ncnc(Cl)c2C(C)C)CC1. The van der Waals surface area contributed by atoms with Crippen molar-refractivity contribution in [3.05, 3.63) is 17.0 Å². The molecule has 0 saturated carbocycles. The zero-order valence-electron chi connectivity index (χ0n) is 12.9. The molecule has 0 radical (unpaired) electrons. The lowest BCUT2D eigenvalue weighted by atomic mass is 10.1. The highest BCUT2D eigenvalue weighted by Crippen LogP contribution is 2.31. The molecule has 0 N–H and O–H groups in total. The summed E-state index contributed by atoms with van der Waals surface area (Å²) in [5.41, 5.74) is 1.08. The number of piperazine rings is 1. The maximum absolute atomic E-state index is 6.26. The Morgan fingerprint density at radius 1 is 1.15 bits per heavy atom. The summed E-state index contributed by atoms with van der Waals surface area (Å²) < 4.78 is 0. The van der Waals surface area contributed by atoms with Gasteiger partial charge >= 0.3 is 0 Å². The third-order valence-electron chi connectivity index (χ3n) is 4.22. The van der Waals surface area contributed by atoms with Crippen LogP contribution < -0.4 is 4.90 Å². The first kappa shape index (κ1) is 15.5. The quantitative estimate of drug-likeness (QED) is 0.799. The summed E-state index contributed by atoms with van der Waals surface area (Å²) in [5.74, 6) is 1.36. The molecule has 1 unspecified atom stereocenters. The van der Waals surface area contributed by atoms with Crippen molar-refractivity contribution in [3.8, 4) is 0 Å². The van der Waals surface area contributed by atoms with E-state index in [4.69, 9.17) is 11.6 Å². The van der Waals surface area contributed by atoms with Crippen LogP contribution in [-0.4, -0.2) is 47.1 Å². The zero-order chi connectivity index (χ0) is 14.7. The lowest BCUT2D eigenvalue weighted by Gasteiger charge is -2.39. The van der Waals surface area contributed by atoms with Crippen LogP contribution in [0, 0.1) is 0 Å². The number of hydrogen-bond donors (Lipinski definition) is 0. The van der Waals surface area contributed by atoms with Crippen molar-refractivity contribution < 1.29 is 0 Å². The Kier molecular flexibility index (Phi) is 5.22. The molecule has 0 aromatic carbocycles. The van der Waals surface area contributed by atoms with Gasteiger partial charge in [0.15, 0.2) is 0 Å². The lowest BCUT2D eigenvalue weighted by Crippen LogP contribution is -2.50. The molecule has 1 aromatic rings. The van der Waals surface area contributed by atoms with Crippen molar-refractivity contribution in [2.45, 2.75) is 46.1 Å². The molecule has 20 heavy (non-hydrogen) atoms. The van der Waals surface area contributed by atoms with E-state index in [-0.39, 0.29) is 0 Å². The molecule has 1 aromatic heterocycles. The summed E-state index contributed by atoms with van der Waals surface area (Å²) in [6.45, 7) is 13.0. The third kappa shape index (κ3) is 3.23. The number of halogens is 1. The predicted octanol–water partition coefficient (Wildman–Crippen LogP) is 3.17. The molecule has 1 aliphatic heterocycles. The van der Waals surface area contributed by atoms with Gasteiger partial charge in [-0.3, -0.25) is 4.90 Å². The molecule has 2 heterocycles. The Bertz CT molecular complexity index is 441. The molecule has 1 aliphatic rings. The van der Waals surface area contributed by atoms with Crippen LogP contribution in [0.4, 0.5) is 5.82 Å². The van der Waals surface area contributed by atoms with Gasteiger partial charge in [-0.1, -0.05) is 32.4 Å². The molecule has 0 amide bonds. The molecule has 0 bridgehead atoms. The van der Waals surface area contributed by atoms with E-state index in [1.165, 1.54) is 6.42 Å². The topological polar surface area (TPSA) is 32.3 Å². The van der Waals surface area contributed by atoms with Crippen LogP contribution in [0.5, 0.6) is 0 Å². The number of rotatable bonds is 4. The molecule has 1 atom stereocenters. The van der Waals surface area contributed by atoms with Crippen molar-refractivity contribution in [1.82, 2.24) is 14.9 Å². The number of hydrogen-bond acceptors (Lipinski definition) is 4. The summed E-state index contributed by atoms with van der Waals surface area (Å²) in [6.07, 6.45) is 2.78. The highest BCUT2D eigenvalue weighted by Gasteiger charge is 2.24. The van der Waals surface area contributed by atoms with Gasteiger partial charge in [-0.05, 0) is 19.3 Å². The summed E-state index contributed by atoms with van der Waals surface area (Å²) >= 11 is 6.26. The highest BCUT2D eigenvalue weighted by molar-refractivity contribution is 6.30. The zero-order valence-corrected chi connectivity index (χ0v) is 13.7. The first-order valence-electron chi connectivity index (χ1n) is 7.54. The average Bonchev–Trinajstić information content (AvgIpc) is 2.46. The Morgan fingerprint density at radius 3 is 2.35 bits per heavy atom. The molecule has 112 valence electrons. The lowest BCUT2D eigenvalue weighted by molar-refractivity contribution is 0.192. The molecule has 1 fully saturated rings. The van der Waals surface area contributed by atoms with E-state index < -0.39 is 0 Å². The highest BCUT2D eigenvalue weighted by atomic mass is 35.5. The van der Waals surface area contributed by atoms with Crippen molar-refractivity contribution in [1.29, 1.82) is 0 Å². The van der Waals surface area contributed by atoms with Crippen LogP contribution >= 0.6 is 11.6 Å². The summed E-state index contributed by atoms with van der Waals surface area (Å²) in [5, 5.41) is 0.592. The van der Waals surface area contributed by atoms with Gasteiger partial charge in [0.1, 0.15) is 17.3 Å². The predicted molar refractivity (Wildman–Crippen MR) is 84.7 cm³/mol. The number of nitrogens with zero attached hydrogens (tertiary/aromatic N) is 4. The molecule has 5 heteroatoms. The fourth-order valence-electron chi connectivity index (χ4n) is 2.75. The van der Waals surface area contributed by atoms with Crippen LogP contribution in [0.15, 0.2) is 6.33 Å². The molecule has 1 saturated heterocycles. The van der Waals surface area contributed by atoms with E-state index in [0.29, 0.717) is 17.1 Å². The van der Waals surface area contributed by atoms with Crippen LogP contribution in [-0.2, 0) is 0 Å². The normalized spacial score (nSPS) is 18.6. The number of anilines is 1. The minimum atomic E-state index is 0.339. The van der Waals surface area contributed by atoms with Crippen LogP contribution in [0.1, 0.15) is 45.6 Å². The van der Waals surface area contributed by atoms with Gasteiger partial charge in [0.2, 0.25) is 0 Å². The Morgan fingerprint density at radius 2 is 1.80 bits per heavy atom. The average molecular weight is 297 g/mol. The second kappa shape index (κ2) is 6.72. The molecular formula is C15H25ClN4. The van der Waals surface area contributed by atoms with Crippen molar-refractivity contribution in [2.24, 2.45) is 0 Å². The Labute approximate surface area is 127 Å². The largest absolute Gasteiger partial charge is 0.354 e. The van der Waals surface area contributed by atoms with Gasteiger partial charge in [0.25, 0.3) is 0 Å². The summed E-state index contributed by atoms with van der Waals surface area (Å²) in [4.78, 5) is 13.5. The third-order valence-corrected chi connectivity index (χ3v) is 4.52. The molecule has 0 spiro atoms. The summed E-state index contributed by atoms with van der Waals surface area (Å²) in [7, 11) is 0. The van der Waals surface area contributed by atoms with Gasteiger partial charge in [0, 0.05) is 37.8 Å². The Balaban J connectivity index is 2.13. The second-order valence-electron chi connectivity index (χ2n) is 5.84. The van der Waals surface area contributed by atoms with Crippen molar-refractivity contribution in [3.63, 3.8) is 0 Å². The monoisotopic (exact) mass is 296 g/mol. The maximum Gasteiger partial charge on any atom is 0.138 e. The Hall–Kier alpha value is -0.870. The maximum atomic E-state index is 6.26. The van der Waals surface area contributed by atoms with Crippen molar-refractivity contribution in [2.75, 3.05) is 31.1 Å². The molecule has 0 aliphatic carbocycles. The van der Waals surface area contributed by atoms with E-state index in [9.17, 15) is 0 Å². The fraction of sp³-hybridized carbons (Fsp3) is 0.733. The first-order chi connectivity index (χ1) is 9.54. The summed E-state index contributed by atoms with van der Waals surface area (Å²) in [6, 6.07) is 0.663. The van der Waals surface area contributed by atoms with E-state index >= 15 is 0 Å². The van der Waals surface area contributed by atoms with Gasteiger partial charge in [0.05, 0.1) is 0 Å².